The van der Waals surface area contributed by atoms with E-state index >= 15 is 0 Å². The highest BCUT2D eigenvalue weighted by atomic mass is 35.5. The molecule has 0 unspecified atom stereocenters. The standard InChI is InChI=1S/C26H27ClFN3O3S/c1-16-8-9-20(19(28)14-16)29-23(32)21-15-35-24(30-21)17-10-12-31(13-11-17)25(33)26(2,3)34-22-7-5-4-6-18(22)27/h4-9,14-15,17H,10-13H2,1-3H3,(H,29,32). The average Bonchev–Trinajstić information content (AvgIpc) is 3.32. The number of para-hydroxylation sites is 1. The molecule has 2 heterocycles. The summed E-state index contributed by atoms with van der Waals surface area (Å²) < 4.78 is 20.0. The molecule has 1 fully saturated rings. The summed E-state index contributed by atoms with van der Waals surface area (Å²) in [5.41, 5.74) is 0.108. The van der Waals surface area contributed by atoms with Crippen molar-refractivity contribution in [1.29, 1.82) is 0 Å². The number of carbonyl (C=O) groups excluding carboxylic acids is 2. The van der Waals surface area contributed by atoms with Crippen molar-refractivity contribution in [3.05, 3.63) is 74.9 Å². The quantitative estimate of drug-likeness (QED) is 0.433. The zero-order valence-electron chi connectivity index (χ0n) is 19.8. The smallest absolute Gasteiger partial charge is 0.275 e. The van der Waals surface area contributed by atoms with E-state index in [1.54, 1.807) is 55.3 Å². The summed E-state index contributed by atoms with van der Waals surface area (Å²) in [6.07, 6.45) is 1.46. The molecule has 1 N–H and O–H groups in total. The molecule has 1 aliphatic rings. The number of carbonyl (C=O) groups is 2. The van der Waals surface area contributed by atoms with E-state index < -0.39 is 17.3 Å². The van der Waals surface area contributed by atoms with E-state index in [9.17, 15) is 14.0 Å². The SMILES string of the molecule is Cc1ccc(NC(=O)c2csc(C3CCN(C(=O)C(C)(C)Oc4ccccc4Cl)CC3)n2)c(F)c1. The van der Waals surface area contributed by atoms with E-state index in [0.717, 1.165) is 23.4 Å². The van der Waals surface area contributed by atoms with Crippen LogP contribution in [0.4, 0.5) is 10.1 Å². The second-order valence-corrected chi connectivity index (χ2v) is 10.4. The van der Waals surface area contributed by atoms with Gasteiger partial charge in [-0.2, -0.15) is 0 Å². The molecule has 35 heavy (non-hydrogen) atoms. The van der Waals surface area contributed by atoms with Crippen molar-refractivity contribution >= 4 is 40.4 Å². The fraction of sp³-hybridized carbons (Fsp3) is 0.346. The van der Waals surface area contributed by atoms with Crippen LogP contribution in [0.25, 0.3) is 0 Å². The van der Waals surface area contributed by atoms with Gasteiger partial charge in [0.1, 0.15) is 17.3 Å². The highest BCUT2D eigenvalue weighted by molar-refractivity contribution is 7.10. The number of hydrogen-bond acceptors (Lipinski definition) is 5. The number of amides is 2. The second-order valence-electron chi connectivity index (χ2n) is 9.12. The molecule has 1 saturated heterocycles. The Labute approximate surface area is 213 Å². The third kappa shape index (κ3) is 5.82. The van der Waals surface area contributed by atoms with Gasteiger partial charge in [-0.3, -0.25) is 9.59 Å². The molecule has 2 aromatic carbocycles. The minimum absolute atomic E-state index is 0.102. The van der Waals surface area contributed by atoms with Crippen molar-refractivity contribution in [3.8, 4) is 5.75 Å². The molecule has 0 radical (unpaired) electrons. The van der Waals surface area contributed by atoms with Gasteiger partial charge in [0.2, 0.25) is 0 Å². The summed E-state index contributed by atoms with van der Waals surface area (Å²) in [5, 5.41) is 5.58. The molecule has 1 aliphatic heterocycles. The minimum Gasteiger partial charge on any atom is -0.476 e. The van der Waals surface area contributed by atoms with Gasteiger partial charge in [0.25, 0.3) is 11.8 Å². The summed E-state index contributed by atoms with van der Waals surface area (Å²) in [5.74, 6) is -0.403. The fourth-order valence-corrected chi connectivity index (χ4v) is 5.19. The number of ether oxygens (including phenoxy) is 1. The molecule has 6 nitrogen and oxygen atoms in total. The number of nitrogens with zero attached hydrogens (tertiary/aromatic N) is 2. The fourth-order valence-electron chi connectivity index (χ4n) is 4.04. The summed E-state index contributed by atoms with van der Waals surface area (Å²) >= 11 is 7.60. The van der Waals surface area contributed by atoms with Crippen LogP contribution in [0.5, 0.6) is 5.75 Å². The maximum Gasteiger partial charge on any atom is 0.275 e. The van der Waals surface area contributed by atoms with Gasteiger partial charge in [-0.05, 0) is 63.4 Å². The van der Waals surface area contributed by atoms with E-state index in [1.807, 2.05) is 12.1 Å². The Bertz CT molecular complexity index is 1240. The molecule has 1 aromatic heterocycles. The number of aryl methyl sites for hydroxylation is 1. The molecule has 0 bridgehead atoms. The van der Waals surface area contributed by atoms with Crippen molar-refractivity contribution in [2.24, 2.45) is 0 Å². The van der Waals surface area contributed by atoms with Crippen LogP contribution in [0.1, 0.15) is 53.7 Å². The van der Waals surface area contributed by atoms with E-state index in [0.29, 0.717) is 23.9 Å². The molecule has 0 aliphatic carbocycles. The lowest BCUT2D eigenvalue weighted by atomic mass is 9.96. The van der Waals surface area contributed by atoms with Gasteiger partial charge in [0.15, 0.2) is 5.60 Å². The van der Waals surface area contributed by atoms with E-state index in [4.69, 9.17) is 16.3 Å². The van der Waals surface area contributed by atoms with Gasteiger partial charge in [0, 0.05) is 24.4 Å². The first-order chi connectivity index (χ1) is 16.6. The molecule has 0 spiro atoms. The molecule has 0 saturated carbocycles. The highest BCUT2D eigenvalue weighted by Gasteiger charge is 2.37. The third-order valence-electron chi connectivity index (χ3n) is 5.98. The van der Waals surface area contributed by atoms with Crippen LogP contribution in [0.15, 0.2) is 47.8 Å². The number of aromatic nitrogens is 1. The third-order valence-corrected chi connectivity index (χ3v) is 7.30. The lowest BCUT2D eigenvalue weighted by molar-refractivity contribution is -0.146. The number of rotatable bonds is 6. The topological polar surface area (TPSA) is 71.5 Å². The van der Waals surface area contributed by atoms with Gasteiger partial charge >= 0.3 is 0 Å². The predicted molar refractivity (Wildman–Crippen MR) is 136 cm³/mol. The van der Waals surface area contributed by atoms with Crippen LogP contribution in [-0.4, -0.2) is 40.4 Å². The maximum absolute atomic E-state index is 14.1. The van der Waals surface area contributed by atoms with Gasteiger partial charge < -0.3 is 15.0 Å². The monoisotopic (exact) mass is 515 g/mol. The van der Waals surface area contributed by atoms with Crippen molar-refractivity contribution in [1.82, 2.24) is 9.88 Å². The molecule has 2 amide bonds. The lowest BCUT2D eigenvalue weighted by Gasteiger charge is -2.36. The normalized spacial score (nSPS) is 14.6. The molecule has 184 valence electrons. The van der Waals surface area contributed by atoms with Gasteiger partial charge in [0.05, 0.1) is 15.7 Å². The van der Waals surface area contributed by atoms with Crippen molar-refractivity contribution in [2.75, 3.05) is 18.4 Å². The summed E-state index contributed by atoms with van der Waals surface area (Å²) in [7, 11) is 0. The summed E-state index contributed by atoms with van der Waals surface area (Å²) in [6.45, 7) is 6.40. The Morgan fingerprint density at radius 2 is 1.91 bits per heavy atom. The number of likely N-dealkylation sites (tertiary alicyclic amines) is 1. The zero-order valence-corrected chi connectivity index (χ0v) is 21.4. The average molecular weight is 516 g/mol. The van der Waals surface area contributed by atoms with Crippen molar-refractivity contribution in [2.45, 2.75) is 45.1 Å². The predicted octanol–water partition coefficient (Wildman–Crippen LogP) is 6.06. The first kappa shape index (κ1) is 25.1. The maximum atomic E-state index is 14.1. The molecule has 4 rings (SSSR count). The Morgan fingerprint density at radius 1 is 1.20 bits per heavy atom. The molecule has 3 aromatic rings. The number of halogens is 2. The zero-order chi connectivity index (χ0) is 25.2. The number of piperidine rings is 1. The lowest BCUT2D eigenvalue weighted by Crippen LogP contribution is -2.51. The van der Waals surface area contributed by atoms with Gasteiger partial charge in [-0.15, -0.1) is 11.3 Å². The van der Waals surface area contributed by atoms with Crippen LogP contribution in [0, 0.1) is 12.7 Å². The molecular formula is C26H27ClFN3O3S. The molecular weight excluding hydrogens is 489 g/mol. The largest absolute Gasteiger partial charge is 0.476 e. The highest BCUT2D eigenvalue weighted by Crippen LogP contribution is 2.33. The summed E-state index contributed by atoms with van der Waals surface area (Å²) in [4.78, 5) is 32.0. The Balaban J connectivity index is 1.34. The Morgan fingerprint density at radius 3 is 2.60 bits per heavy atom. The second kappa shape index (κ2) is 10.3. The van der Waals surface area contributed by atoms with Crippen LogP contribution < -0.4 is 10.1 Å². The van der Waals surface area contributed by atoms with E-state index in [-0.39, 0.29) is 23.2 Å². The van der Waals surface area contributed by atoms with Crippen LogP contribution in [0.2, 0.25) is 5.02 Å². The minimum atomic E-state index is -1.06. The number of thiazole rings is 1. The molecule has 9 heteroatoms. The van der Waals surface area contributed by atoms with E-state index in [1.165, 1.54) is 17.4 Å². The first-order valence-corrected chi connectivity index (χ1v) is 12.7. The van der Waals surface area contributed by atoms with Crippen molar-refractivity contribution in [3.63, 3.8) is 0 Å². The number of benzene rings is 2. The van der Waals surface area contributed by atoms with Crippen LogP contribution >= 0.6 is 22.9 Å². The first-order valence-electron chi connectivity index (χ1n) is 11.4. The van der Waals surface area contributed by atoms with Gasteiger partial charge in [-0.25, -0.2) is 9.37 Å². The molecule has 0 atom stereocenters. The van der Waals surface area contributed by atoms with E-state index in [2.05, 4.69) is 10.3 Å². The number of nitrogens with one attached hydrogen (secondary N) is 1. The number of hydrogen-bond donors (Lipinski definition) is 1. The van der Waals surface area contributed by atoms with Crippen LogP contribution in [0.3, 0.4) is 0 Å². The van der Waals surface area contributed by atoms with Crippen molar-refractivity contribution < 1.29 is 18.7 Å². The van der Waals surface area contributed by atoms with Gasteiger partial charge in [-0.1, -0.05) is 29.8 Å². The summed E-state index contributed by atoms with van der Waals surface area (Å²) in [6, 6.07) is 11.7. The van der Waals surface area contributed by atoms with Crippen LogP contribution in [-0.2, 0) is 4.79 Å². The number of anilines is 1. The Kier molecular flexibility index (Phi) is 7.42. The Hall–Kier alpha value is -2.97.